The maximum Gasteiger partial charge on any atom is 0.330 e. The molecule has 1 fully saturated rings. The van der Waals surface area contributed by atoms with E-state index >= 15 is 0 Å². The average Bonchev–Trinajstić information content (AvgIpc) is 3.52. The number of carbonyl (C=O) groups is 2. The minimum Gasteiger partial charge on any atom is -0.464 e. The fourth-order valence-corrected chi connectivity index (χ4v) is 7.12. The van der Waals surface area contributed by atoms with Crippen molar-refractivity contribution in [1.29, 1.82) is 5.41 Å². The van der Waals surface area contributed by atoms with Gasteiger partial charge in [0.25, 0.3) is 5.91 Å². The second-order valence-electron chi connectivity index (χ2n) is 9.35. The minimum atomic E-state index is -4.06. The monoisotopic (exact) mass is 559 g/mol. The molecule has 5 rings (SSSR count). The summed E-state index contributed by atoms with van der Waals surface area (Å²) in [5.41, 5.74) is 6.93. The molecule has 1 amide bonds. The number of esters is 1. The lowest BCUT2D eigenvalue weighted by Gasteiger charge is -2.38. The molecule has 2 atom stereocenters. The topological polar surface area (TPSA) is 164 Å². The van der Waals surface area contributed by atoms with Crippen molar-refractivity contribution in [2.75, 3.05) is 26.2 Å². The van der Waals surface area contributed by atoms with Crippen LogP contribution in [0.4, 0.5) is 0 Å². The second kappa shape index (κ2) is 10.1. The van der Waals surface area contributed by atoms with Gasteiger partial charge in [-0.3, -0.25) is 10.2 Å². The number of rotatable bonds is 6. The highest BCUT2D eigenvalue weighted by Gasteiger charge is 2.42. The Labute approximate surface area is 224 Å². The van der Waals surface area contributed by atoms with E-state index in [2.05, 4.69) is 17.2 Å². The van der Waals surface area contributed by atoms with Crippen LogP contribution in [0.5, 0.6) is 0 Å². The van der Waals surface area contributed by atoms with Crippen molar-refractivity contribution in [3.8, 4) is 0 Å². The lowest BCUT2D eigenvalue weighted by molar-refractivity contribution is -0.149. The summed E-state index contributed by atoms with van der Waals surface area (Å²) in [4.78, 5) is 33.3. The Balaban J connectivity index is 1.41. The van der Waals surface area contributed by atoms with Crippen LogP contribution in [0.1, 0.15) is 39.8 Å². The first kappa shape index (κ1) is 26.3. The number of thiazole rings is 1. The maximum atomic E-state index is 13.6. The van der Waals surface area contributed by atoms with E-state index in [1.54, 1.807) is 25.1 Å². The molecule has 3 aromatic rings. The Bertz CT molecular complexity index is 1530. The summed E-state index contributed by atoms with van der Waals surface area (Å²) in [6.45, 7) is 4.20. The number of aromatic nitrogens is 2. The molecule has 38 heavy (non-hydrogen) atoms. The van der Waals surface area contributed by atoms with Gasteiger partial charge in [-0.15, -0.1) is 11.3 Å². The Morgan fingerprint density at radius 1 is 1.26 bits per heavy atom. The molecule has 0 aliphatic carbocycles. The predicted octanol–water partition coefficient (Wildman–Crippen LogP) is 0.899. The molecule has 4 N–H and O–H groups in total. The number of carbonyl (C=O) groups excluding carboxylic acids is 2. The molecule has 2 unspecified atom stereocenters. The van der Waals surface area contributed by atoms with E-state index in [-0.39, 0.29) is 43.1 Å². The third-order valence-corrected chi connectivity index (χ3v) is 9.57. The molecule has 4 heterocycles. The zero-order chi connectivity index (χ0) is 27.2. The number of nitrogens with one attached hydrogen (secondary N) is 2. The number of nitrogens with two attached hydrogens (primary N) is 1. The van der Waals surface area contributed by atoms with Gasteiger partial charge in [-0.25, -0.2) is 13.8 Å². The molecule has 0 radical (unpaired) electrons. The Kier molecular flexibility index (Phi) is 6.98. The number of benzene rings is 1. The van der Waals surface area contributed by atoms with Crippen LogP contribution in [0.3, 0.4) is 0 Å². The molecule has 2 aliphatic heterocycles. The molecule has 0 spiro atoms. The van der Waals surface area contributed by atoms with E-state index in [0.29, 0.717) is 29.3 Å². The van der Waals surface area contributed by atoms with Crippen LogP contribution < -0.4 is 11.1 Å². The summed E-state index contributed by atoms with van der Waals surface area (Å²) in [6, 6.07) is 4.13. The van der Waals surface area contributed by atoms with E-state index in [4.69, 9.17) is 15.9 Å². The SMILES string of the molecule is CCOC(=O)C1CN(S(=O)(=O)n2cc3ccc(C(=N)N)cc3c2)CCN1C(=O)c1nc2c(s1)CNC(C)C2. The Hall–Kier alpha value is -3.33. The summed E-state index contributed by atoms with van der Waals surface area (Å²) in [6.07, 6.45) is 3.63. The highest BCUT2D eigenvalue weighted by Crippen LogP contribution is 2.27. The Morgan fingerprint density at radius 2 is 2.03 bits per heavy atom. The summed E-state index contributed by atoms with van der Waals surface area (Å²) in [7, 11) is -4.06. The van der Waals surface area contributed by atoms with Gasteiger partial charge in [-0.1, -0.05) is 12.1 Å². The fourth-order valence-electron chi connectivity index (χ4n) is 4.72. The molecule has 2 aliphatic rings. The lowest BCUT2D eigenvalue weighted by Crippen LogP contribution is -2.60. The predicted molar refractivity (Wildman–Crippen MR) is 142 cm³/mol. The van der Waals surface area contributed by atoms with Gasteiger partial charge in [-0.2, -0.15) is 12.7 Å². The molecule has 12 nitrogen and oxygen atoms in total. The Morgan fingerprint density at radius 3 is 2.76 bits per heavy atom. The summed E-state index contributed by atoms with van der Waals surface area (Å²) >= 11 is 1.30. The normalized spacial score (nSPS) is 20.3. The van der Waals surface area contributed by atoms with Crippen molar-refractivity contribution < 1.29 is 22.7 Å². The number of amidine groups is 1. The van der Waals surface area contributed by atoms with E-state index in [1.807, 2.05) is 0 Å². The third kappa shape index (κ3) is 4.79. The van der Waals surface area contributed by atoms with Gasteiger partial charge < -0.3 is 20.7 Å². The molecular weight excluding hydrogens is 530 g/mol. The van der Waals surface area contributed by atoms with Gasteiger partial charge in [0.15, 0.2) is 5.01 Å². The van der Waals surface area contributed by atoms with Gasteiger partial charge in [0.05, 0.1) is 12.3 Å². The lowest BCUT2D eigenvalue weighted by atomic mass is 10.1. The molecule has 0 bridgehead atoms. The highest BCUT2D eigenvalue weighted by molar-refractivity contribution is 7.87. The molecule has 0 saturated carbocycles. The first-order valence-corrected chi connectivity index (χ1v) is 14.5. The van der Waals surface area contributed by atoms with Crippen molar-refractivity contribution in [3.05, 3.63) is 51.7 Å². The summed E-state index contributed by atoms with van der Waals surface area (Å²) in [5, 5.41) is 12.5. The van der Waals surface area contributed by atoms with E-state index < -0.39 is 28.1 Å². The number of ether oxygens (including phenoxy) is 1. The first-order chi connectivity index (χ1) is 18.1. The fraction of sp³-hybridized carbons (Fsp3) is 0.417. The number of nitrogens with zero attached hydrogens (tertiary/aromatic N) is 4. The average molecular weight is 560 g/mol. The number of hydrogen-bond donors (Lipinski definition) is 3. The van der Waals surface area contributed by atoms with Gasteiger partial charge >= 0.3 is 16.2 Å². The zero-order valence-corrected chi connectivity index (χ0v) is 22.6. The zero-order valence-electron chi connectivity index (χ0n) is 21.0. The number of nitrogen functional groups attached to an aromatic ring is 1. The standard InChI is InChI=1S/C24H29N7O5S2/c1-3-36-24(33)19-13-29(38(34,35)30-11-16-5-4-15(21(25)26)9-17(16)12-30)6-7-31(19)23(32)22-28-18-8-14(2)27-10-20(18)37-22/h4-5,9,11-12,14,19,27H,3,6-8,10,13H2,1-2H3,(H3,25,26). The van der Waals surface area contributed by atoms with Crippen LogP contribution >= 0.6 is 11.3 Å². The maximum absolute atomic E-state index is 13.6. The quantitative estimate of drug-likeness (QED) is 0.228. The number of amides is 1. The van der Waals surface area contributed by atoms with Crippen molar-refractivity contribution in [1.82, 2.24) is 23.5 Å². The summed E-state index contributed by atoms with van der Waals surface area (Å²) in [5.74, 6) is -1.19. The van der Waals surface area contributed by atoms with Crippen molar-refractivity contribution >= 4 is 50.0 Å². The van der Waals surface area contributed by atoms with E-state index in [9.17, 15) is 18.0 Å². The van der Waals surface area contributed by atoms with E-state index in [1.165, 1.54) is 32.9 Å². The van der Waals surface area contributed by atoms with Crippen LogP contribution in [0.25, 0.3) is 10.8 Å². The molecule has 14 heteroatoms. The van der Waals surface area contributed by atoms with Crippen LogP contribution in [0.15, 0.2) is 30.6 Å². The van der Waals surface area contributed by atoms with E-state index in [0.717, 1.165) is 14.5 Å². The van der Waals surface area contributed by atoms with Gasteiger partial charge in [0.1, 0.15) is 11.9 Å². The van der Waals surface area contributed by atoms with Crippen LogP contribution in [0, 0.1) is 5.41 Å². The van der Waals surface area contributed by atoms with Crippen molar-refractivity contribution in [2.24, 2.45) is 5.73 Å². The van der Waals surface area contributed by atoms with Gasteiger partial charge in [0, 0.05) is 72.2 Å². The largest absolute Gasteiger partial charge is 0.464 e. The van der Waals surface area contributed by atoms with Crippen LogP contribution in [-0.4, -0.2) is 82.6 Å². The van der Waals surface area contributed by atoms with Crippen LogP contribution in [0.2, 0.25) is 0 Å². The van der Waals surface area contributed by atoms with Crippen molar-refractivity contribution in [2.45, 2.75) is 38.9 Å². The molecule has 1 saturated heterocycles. The molecule has 2 aromatic heterocycles. The van der Waals surface area contributed by atoms with Gasteiger partial charge in [0.2, 0.25) is 0 Å². The second-order valence-corrected chi connectivity index (χ2v) is 12.3. The van der Waals surface area contributed by atoms with Crippen LogP contribution in [-0.2, 0) is 32.7 Å². The minimum absolute atomic E-state index is 0.000872. The van der Waals surface area contributed by atoms with Gasteiger partial charge in [-0.05, 0) is 19.9 Å². The first-order valence-electron chi connectivity index (χ1n) is 12.2. The molecule has 1 aromatic carbocycles. The number of fused-ring (bicyclic) bond motifs is 2. The summed E-state index contributed by atoms with van der Waals surface area (Å²) < 4.78 is 34.6. The number of hydrogen-bond acceptors (Lipinski definition) is 9. The number of piperazine rings is 1. The van der Waals surface area contributed by atoms with Crippen molar-refractivity contribution in [3.63, 3.8) is 0 Å². The third-order valence-electron chi connectivity index (χ3n) is 6.76. The smallest absolute Gasteiger partial charge is 0.330 e. The highest BCUT2D eigenvalue weighted by atomic mass is 32.2. The molecular formula is C24H29N7O5S2. The molecule has 202 valence electrons.